The smallest absolute Gasteiger partial charge is 0.410 e. The lowest BCUT2D eigenvalue weighted by molar-refractivity contribution is -0.133. The number of hydrogen-bond acceptors (Lipinski definition) is 4. The highest BCUT2D eigenvalue weighted by molar-refractivity contribution is 5.76. The van der Waals surface area contributed by atoms with Crippen LogP contribution in [0.15, 0.2) is 12.7 Å². The topological polar surface area (TPSA) is 59.1 Å². The van der Waals surface area contributed by atoms with Crippen molar-refractivity contribution >= 4 is 12.0 Å². The average Bonchev–Trinajstić information content (AvgIpc) is 2.95. The highest BCUT2D eigenvalue weighted by Gasteiger charge is 2.48. The molecule has 2 amide bonds. The van der Waals surface area contributed by atoms with Gasteiger partial charge in [0.1, 0.15) is 5.60 Å². The summed E-state index contributed by atoms with van der Waals surface area (Å²) in [6, 6.07) is 0.204. The van der Waals surface area contributed by atoms with E-state index >= 15 is 0 Å². The molecular weight excluding hydrogens is 320 g/mol. The minimum absolute atomic E-state index is 0.135. The van der Waals surface area contributed by atoms with Gasteiger partial charge in [-0.15, -0.1) is 6.58 Å². The van der Waals surface area contributed by atoms with E-state index in [1.54, 1.807) is 6.08 Å². The van der Waals surface area contributed by atoms with Gasteiger partial charge in [-0.05, 0) is 38.5 Å². The molecule has 0 aromatic heterocycles. The summed E-state index contributed by atoms with van der Waals surface area (Å²) in [6.07, 6.45) is 9.17. The first kappa shape index (κ1) is 18.2. The molecule has 2 heterocycles. The van der Waals surface area contributed by atoms with Crippen molar-refractivity contribution in [1.29, 1.82) is 0 Å². The molecule has 0 aromatic rings. The molecule has 3 fully saturated rings. The van der Waals surface area contributed by atoms with Gasteiger partial charge < -0.3 is 19.3 Å². The molecule has 0 N–H and O–H groups in total. The van der Waals surface area contributed by atoms with Crippen molar-refractivity contribution < 1.29 is 19.1 Å². The Morgan fingerprint density at radius 3 is 2.68 bits per heavy atom. The molecule has 140 valence electrons. The predicted molar refractivity (Wildman–Crippen MR) is 94.2 cm³/mol. The number of hydrogen-bond donors (Lipinski definition) is 0. The first-order valence-electron chi connectivity index (χ1n) is 9.60. The Labute approximate surface area is 150 Å². The van der Waals surface area contributed by atoms with Gasteiger partial charge in [-0.25, -0.2) is 4.79 Å². The van der Waals surface area contributed by atoms with E-state index < -0.39 is 0 Å². The molecule has 6 heteroatoms. The largest absolute Gasteiger partial charge is 0.441 e. The van der Waals surface area contributed by atoms with E-state index in [1.807, 2.05) is 9.80 Å². The van der Waals surface area contributed by atoms with Gasteiger partial charge in [-0.1, -0.05) is 12.5 Å². The minimum Gasteiger partial charge on any atom is -0.441 e. The second kappa shape index (κ2) is 8.21. The number of ether oxygens (including phenoxy) is 2. The van der Waals surface area contributed by atoms with Gasteiger partial charge >= 0.3 is 6.09 Å². The van der Waals surface area contributed by atoms with E-state index in [1.165, 1.54) is 6.42 Å². The quantitative estimate of drug-likeness (QED) is 0.546. The Morgan fingerprint density at radius 1 is 1.28 bits per heavy atom. The molecule has 2 saturated heterocycles. The number of nitrogens with zero attached hydrogens (tertiary/aromatic N) is 2. The van der Waals surface area contributed by atoms with Crippen molar-refractivity contribution in [1.82, 2.24) is 9.80 Å². The standard InChI is InChI=1S/C19H30N2O4/c1-2-13-24-14-8-17(22)20-11-6-16(7-12-20)21-15-19(25-18(21)23)9-4-3-5-10-19/h2,16H,1,3-15H2. The van der Waals surface area contributed by atoms with Gasteiger partial charge in [0, 0.05) is 19.1 Å². The van der Waals surface area contributed by atoms with Gasteiger partial charge in [-0.3, -0.25) is 4.79 Å². The Kier molecular flexibility index (Phi) is 5.99. The summed E-state index contributed by atoms with van der Waals surface area (Å²) in [5.74, 6) is 0.135. The zero-order valence-electron chi connectivity index (χ0n) is 15.1. The average molecular weight is 350 g/mol. The zero-order valence-corrected chi connectivity index (χ0v) is 15.1. The summed E-state index contributed by atoms with van der Waals surface area (Å²) in [7, 11) is 0. The Hall–Kier alpha value is -1.56. The summed E-state index contributed by atoms with van der Waals surface area (Å²) in [5, 5.41) is 0. The summed E-state index contributed by atoms with van der Waals surface area (Å²) in [4.78, 5) is 28.4. The number of carbonyl (C=O) groups excluding carboxylic acids is 2. The fourth-order valence-electron chi connectivity index (χ4n) is 4.30. The number of carbonyl (C=O) groups is 2. The van der Waals surface area contributed by atoms with Crippen molar-refractivity contribution in [2.75, 3.05) is 32.8 Å². The SMILES string of the molecule is C=CCOCCC(=O)N1CCC(N2CC3(CCCCC3)OC2=O)CC1. The van der Waals surface area contributed by atoms with Crippen LogP contribution in [-0.4, -0.2) is 66.3 Å². The molecule has 2 aliphatic heterocycles. The minimum atomic E-state index is -0.231. The van der Waals surface area contributed by atoms with Crippen molar-refractivity contribution in [3.05, 3.63) is 12.7 Å². The molecule has 0 unspecified atom stereocenters. The highest BCUT2D eigenvalue weighted by atomic mass is 16.6. The number of amides is 2. The zero-order chi connectivity index (χ0) is 17.7. The highest BCUT2D eigenvalue weighted by Crippen LogP contribution is 2.38. The van der Waals surface area contributed by atoms with E-state index in [4.69, 9.17) is 9.47 Å². The molecule has 25 heavy (non-hydrogen) atoms. The molecule has 1 spiro atoms. The van der Waals surface area contributed by atoms with E-state index in [2.05, 4.69) is 6.58 Å². The molecule has 0 radical (unpaired) electrons. The van der Waals surface area contributed by atoms with Crippen LogP contribution in [0.25, 0.3) is 0 Å². The lowest BCUT2D eigenvalue weighted by Gasteiger charge is -2.36. The number of piperidine rings is 1. The Morgan fingerprint density at radius 2 is 2.00 bits per heavy atom. The summed E-state index contributed by atoms with van der Waals surface area (Å²) in [5.41, 5.74) is -0.231. The van der Waals surface area contributed by atoms with E-state index in [-0.39, 0.29) is 23.6 Å². The molecular formula is C19H30N2O4. The Bertz CT molecular complexity index is 494. The first-order chi connectivity index (χ1) is 12.1. The van der Waals surface area contributed by atoms with Crippen LogP contribution >= 0.6 is 0 Å². The van der Waals surface area contributed by atoms with Crippen molar-refractivity contribution in [2.45, 2.75) is 63.0 Å². The van der Waals surface area contributed by atoms with Crippen LogP contribution in [0.4, 0.5) is 4.79 Å². The summed E-state index contributed by atoms with van der Waals surface area (Å²) < 4.78 is 11.1. The van der Waals surface area contributed by atoms with Gasteiger partial charge in [0.25, 0.3) is 0 Å². The van der Waals surface area contributed by atoms with E-state index in [0.29, 0.717) is 32.7 Å². The third kappa shape index (κ3) is 4.35. The van der Waals surface area contributed by atoms with Gasteiger partial charge in [0.05, 0.1) is 26.2 Å². The molecule has 1 aliphatic carbocycles. The summed E-state index contributed by atoms with van der Waals surface area (Å²) >= 11 is 0. The molecule has 0 bridgehead atoms. The maximum Gasteiger partial charge on any atom is 0.410 e. The fourth-order valence-corrected chi connectivity index (χ4v) is 4.30. The lowest BCUT2D eigenvalue weighted by atomic mass is 9.84. The van der Waals surface area contributed by atoms with Crippen LogP contribution in [0.3, 0.4) is 0 Å². The predicted octanol–water partition coefficient (Wildman–Crippen LogP) is 2.73. The maximum atomic E-state index is 12.4. The number of likely N-dealkylation sites (tertiary alicyclic amines) is 1. The van der Waals surface area contributed by atoms with Crippen LogP contribution in [0.2, 0.25) is 0 Å². The monoisotopic (exact) mass is 350 g/mol. The molecule has 0 aromatic carbocycles. The third-order valence-electron chi connectivity index (χ3n) is 5.72. The van der Waals surface area contributed by atoms with E-state index in [9.17, 15) is 9.59 Å². The van der Waals surface area contributed by atoms with E-state index in [0.717, 1.165) is 45.1 Å². The molecule has 0 atom stereocenters. The van der Waals surface area contributed by atoms with Crippen LogP contribution in [-0.2, 0) is 14.3 Å². The first-order valence-corrected chi connectivity index (χ1v) is 9.60. The maximum absolute atomic E-state index is 12.4. The van der Waals surface area contributed by atoms with Gasteiger partial charge in [0.15, 0.2) is 0 Å². The lowest BCUT2D eigenvalue weighted by Crippen LogP contribution is -2.48. The normalized spacial score (nSPS) is 23.8. The molecule has 1 saturated carbocycles. The van der Waals surface area contributed by atoms with Crippen LogP contribution in [0, 0.1) is 0 Å². The van der Waals surface area contributed by atoms with Crippen molar-refractivity contribution in [3.63, 3.8) is 0 Å². The van der Waals surface area contributed by atoms with Crippen LogP contribution in [0.1, 0.15) is 51.4 Å². The number of rotatable bonds is 6. The van der Waals surface area contributed by atoms with Crippen molar-refractivity contribution in [2.24, 2.45) is 0 Å². The molecule has 6 nitrogen and oxygen atoms in total. The molecule has 3 aliphatic rings. The second-order valence-electron chi connectivity index (χ2n) is 7.47. The Balaban J connectivity index is 1.45. The van der Waals surface area contributed by atoms with Crippen LogP contribution < -0.4 is 0 Å². The third-order valence-corrected chi connectivity index (χ3v) is 5.72. The summed E-state index contributed by atoms with van der Waals surface area (Å²) in [6.45, 7) is 6.66. The van der Waals surface area contributed by atoms with Gasteiger partial charge in [0.2, 0.25) is 5.91 Å². The van der Waals surface area contributed by atoms with Crippen LogP contribution in [0.5, 0.6) is 0 Å². The molecule has 3 rings (SSSR count). The van der Waals surface area contributed by atoms with Crippen molar-refractivity contribution in [3.8, 4) is 0 Å². The second-order valence-corrected chi connectivity index (χ2v) is 7.47. The fraction of sp³-hybridized carbons (Fsp3) is 0.789. The van der Waals surface area contributed by atoms with Gasteiger partial charge in [-0.2, -0.15) is 0 Å².